The van der Waals surface area contributed by atoms with Gasteiger partial charge in [-0.1, -0.05) is 25.4 Å². The van der Waals surface area contributed by atoms with Crippen molar-refractivity contribution in [2.24, 2.45) is 18.7 Å². The molecule has 1 aromatic carbocycles. The first-order valence-corrected chi connectivity index (χ1v) is 14.8. The fourth-order valence-electron chi connectivity index (χ4n) is 5.71. The topological polar surface area (TPSA) is 152 Å². The van der Waals surface area contributed by atoms with Crippen molar-refractivity contribution in [1.82, 2.24) is 24.0 Å². The maximum absolute atomic E-state index is 15.1. The van der Waals surface area contributed by atoms with Gasteiger partial charge in [0.15, 0.2) is 11.6 Å². The van der Waals surface area contributed by atoms with E-state index < -0.39 is 63.4 Å². The Morgan fingerprint density at radius 1 is 1.17 bits per heavy atom. The summed E-state index contributed by atoms with van der Waals surface area (Å²) in [6.45, 7) is 8.77. The Morgan fingerprint density at radius 2 is 1.89 bits per heavy atom. The van der Waals surface area contributed by atoms with Crippen molar-refractivity contribution < 1.29 is 27.9 Å². The molecule has 0 radical (unpaired) electrons. The summed E-state index contributed by atoms with van der Waals surface area (Å²) in [5.74, 6) is -6.71. The molecule has 4 aromatic rings. The highest BCUT2D eigenvalue weighted by molar-refractivity contribution is 6.33. The number of aromatic hydroxyl groups is 1. The van der Waals surface area contributed by atoms with Crippen LogP contribution in [0.15, 0.2) is 29.5 Å². The van der Waals surface area contributed by atoms with Crippen LogP contribution >= 0.6 is 11.6 Å². The molecule has 1 aliphatic heterocycles. The summed E-state index contributed by atoms with van der Waals surface area (Å²) in [5.41, 5.74) is 2.97. The van der Waals surface area contributed by atoms with Gasteiger partial charge in [-0.05, 0) is 18.9 Å². The Bertz CT molecular complexity index is 1930. The number of anilines is 2. The molecule has 3 aromatic heterocycles. The first kappa shape index (κ1) is 32.8. The van der Waals surface area contributed by atoms with E-state index in [2.05, 4.69) is 34.0 Å². The first-order chi connectivity index (χ1) is 21.7. The van der Waals surface area contributed by atoms with Gasteiger partial charge in [-0.25, -0.2) is 14.4 Å². The van der Waals surface area contributed by atoms with E-state index in [4.69, 9.17) is 17.3 Å². The average molecular weight is 661 g/mol. The second kappa shape index (κ2) is 12.6. The molecule has 0 unspecified atom stereocenters. The summed E-state index contributed by atoms with van der Waals surface area (Å²) < 4.78 is 46.9. The number of hydrogen-bond acceptors (Lipinski definition) is 8. The molecule has 0 saturated carbocycles. The fourth-order valence-corrected chi connectivity index (χ4v) is 5.86. The summed E-state index contributed by atoms with van der Waals surface area (Å²) in [4.78, 5) is 50.7. The molecular formula is C30H32ClF3N8O4. The van der Waals surface area contributed by atoms with Gasteiger partial charge in [-0.3, -0.25) is 19.3 Å². The molecule has 5 rings (SSSR count). The zero-order valence-electron chi connectivity index (χ0n) is 25.4. The van der Waals surface area contributed by atoms with Crippen LogP contribution < -0.4 is 21.5 Å². The normalized spacial score (nSPS) is 15.6. The van der Waals surface area contributed by atoms with E-state index >= 15 is 4.39 Å². The van der Waals surface area contributed by atoms with Gasteiger partial charge in [0.05, 0.1) is 23.0 Å². The maximum atomic E-state index is 15.1. The molecule has 1 atom stereocenters. The van der Waals surface area contributed by atoms with Gasteiger partial charge in [0.2, 0.25) is 17.7 Å². The number of carbonyl (C=O) groups is 2. The molecule has 2 amide bonds. The number of primary amides is 1. The lowest BCUT2D eigenvalue weighted by atomic mass is 10.0. The molecule has 1 fully saturated rings. The number of piperazine rings is 1. The Kier molecular flexibility index (Phi) is 9.00. The van der Waals surface area contributed by atoms with Crippen LogP contribution in [0.25, 0.3) is 22.2 Å². The molecule has 244 valence electrons. The van der Waals surface area contributed by atoms with E-state index in [1.165, 1.54) is 30.2 Å². The van der Waals surface area contributed by atoms with E-state index in [0.29, 0.717) is 18.3 Å². The van der Waals surface area contributed by atoms with Crippen molar-refractivity contribution in [3.8, 4) is 16.9 Å². The highest BCUT2D eigenvalue weighted by Gasteiger charge is 2.28. The highest BCUT2D eigenvalue weighted by Crippen LogP contribution is 2.36. The lowest BCUT2D eigenvalue weighted by Gasteiger charge is -2.41. The van der Waals surface area contributed by atoms with E-state index in [1.807, 2.05) is 11.8 Å². The summed E-state index contributed by atoms with van der Waals surface area (Å²) >= 11 is 6.19. The van der Waals surface area contributed by atoms with Crippen molar-refractivity contribution in [3.63, 3.8) is 0 Å². The summed E-state index contributed by atoms with van der Waals surface area (Å²) in [6, 6.07) is 2.29. The lowest BCUT2D eigenvalue weighted by Crippen LogP contribution is -2.53. The van der Waals surface area contributed by atoms with Gasteiger partial charge >= 0.3 is 0 Å². The molecule has 1 aliphatic rings. The number of halogens is 4. The third-order valence-electron chi connectivity index (χ3n) is 7.79. The number of aryl methyl sites for hydroxylation is 1. The standard InChI is InChI=1S/C30H32ClF3N8O4/c1-14(2)9-40-5-6-42(15(3)10-40)20-8-19(23(31)27(34)38-20)37-21(43)12-41-11-18(22-29(41)36-13-39(4)30(22)46)16-7-17(28(35)45)26(44)25(33)24(16)32/h7-8,11,13-15,44H,5-6,9-10,12H2,1-4H3,(H2,35,45)(H,37,38,43)/t15-/m0/s1. The molecule has 46 heavy (non-hydrogen) atoms. The third-order valence-corrected chi connectivity index (χ3v) is 8.15. The summed E-state index contributed by atoms with van der Waals surface area (Å²) in [6.07, 6.45) is 2.35. The second-order valence-corrected chi connectivity index (χ2v) is 12.1. The van der Waals surface area contributed by atoms with Crippen LogP contribution in [0.2, 0.25) is 5.02 Å². The van der Waals surface area contributed by atoms with E-state index in [-0.39, 0.29) is 28.3 Å². The summed E-state index contributed by atoms with van der Waals surface area (Å²) in [7, 11) is 1.38. The number of carbonyl (C=O) groups excluding carboxylic acids is 2. The van der Waals surface area contributed by atoms with Crippen molar-refractivity contribution in [1.29, 1.82) is 0 Å². The monoisotopic (exact) mass is 660 g/mol. The molecule has 4 N–H and O–H groups in total. The predicted octanol–water partition coefficient (Wildman–Crippen LogP) is 3.48. The van der Waals surface area contributed by atoms with Crippen molar-refractivity contribution >= 4 is 46.0 Å². The van der Waals surface area contributed by atoms with Gasteiger partial charge in [-0.15, -0.1) is 0 Å². The summed E-state index contributed by atoms with van der Waals surface area (Å²) in [5, 5.41) is 11.9. The van der Waals surface area contributed by atoms with Crippen LogP contribution in [0.3, 0.4) is 0 Å². The van der Waals surface area contributed by atoms with E-state index in [1.54, 1.807) is 0 Å². The zero-order chi connectivity index (χ0) is 33.6. The van der Waals surface area contributed by atoms with Crippen molar-refractivity contribution in [2.75, 3.05) is 36.4 Å². The number of fused-ring (bicyclic) bond motifs is 1. The van der Waals surface area contributed by atoms with Crippen molar-refractivity contribution in [3.05, 3.63) is 63.2 Å². The third kappa shape index (κ3) is 6.11. The Balaban J connectivity index is 1.48. The number of pyridine rings is 1. The van der Waals surface area contributed by atoms with Crippen LogP contribution in [-0.2, 0) is 18.4 Å². The quantitative estimate of drug-likeness (QED) is 0.243. The molecular weight excluding hydrogens is 629 g/mol. The van der Waals surface area contributed by atoms with Crippen LogP contribution in [0.5, 0.6) is 5.75 Å². The molecule has 0 aliphatic carbocycles. The first-order valence-electron chi connectivity index (χ1n) is 14.4. The number of benzene rings is 1. The number of hydrogen-bond donors (Lipinski definition) is 3. The molecule has 0 spiro atoms. The van der Waals surface area contributed by atoms with Crippen LogP contribution in [0.4, 0.5) is 24.7 Å². The zero-order valence-corrected chi connectivity index (χ0v) is 26.2. The van der Waals surface area contributed by atoms with Crippen LogP contribution in [-0.4, -0.2) is 73.1 Å². The van der Waals surface area contributed by atoms with E-state index in [9.17, 15) is 28.3 Å². The number of aromatic nitrogens is 4. The highest BCUT2D eigenvalue weighted by atomic mass is 35.5. The molecule has 4 heterocycles. The van der Waals surface area contributed by atoms with Gasteiger partial charge < -0.3 is 30.2 Å². The van der Waals surface area contributed by atoms with Gasteiger partial charge in [0.1, 0.15) is 23.0 Å². The number of nitrogens with one attached hydrogen (secondary N) is 1. The predicted molar refractivity (Wildman–Crippen MR) is 166 cm³/mol. The Hall–Kier alpha value is -4.63. The minimum absolute atomic E-state index is 0.00249. The fraction of sp³-hybridized carbons (Fsp3) is 0.367. The van der Waals surface area contributed by atoms with Crippen LogP contribution in [0.1, 0.15) is 31.1 Å². The molecule has 16 heteroatoms. The second-order valence-electron chi connectivity index (χ2n) is 11.7. The smallest absolute Gasteiger partial charge is 0.263 e. The van der Waals surface area contributed by atoms with Gasteiger partial charge in [0.25, 0.3) is 11.5 Å². The molecule has 1 saturated heterocycles. The van der Waals surface area contributed by atoms with E-state index in [0.717, 1.165) is 30.3 Å². The largest absolute Gasteiger partial charge is 0.504 e. The van der Waals surface area contributed by atoms with Gasteiger partial charge in [0, 0.05) is 62.7 Å². The minimum Gasteiger partial charge on any atom is -0.504 e. The van der Waals surface area contributed by atoms with Gasteiger partial charge in [-0.2, -0.15) is 8.78 Å². The number of phenols is 1. The molecule has 0 bridgehead atoms. The maximum Gasteiger partial charge on any atom is 0.263 e. The lowest BCUT2D eigenvalue weighted by molar-refractivity contribution is -0.116. The number of nitrogens with two attached hydrogens (primary N) is 1. The average Bonchev–Trinajstić information content (AvgIpc) is 3.33. The Labute approximate surface area is 266 Å². The molecule has 12 nitrogen and oxygen atoms in total. The number of nitrogens with zero attached hydrogens (tertiary/aromatic N) is 6. The minimum atomic E-state index is -1.74. The van der Waals surface area contributed by atoms with Crippen molar-refractivity contribution in [2.45, 2.75) is 33.4 Å². The number of rotatable bonds is 8. The number of amides is 2. The van der Waals surface area contributed by atoms with Crippen LogP contribution in [0, 0.1) is 23.5 Å². The SMILES string of the molecule is CC(C)CN1CCN(c2cc(NC(=O)Cn3cc(-c4cc(C(N)=O)c(O)c(F)c4F)c4c(=O)n(C)cnc43)c(Cl)c(F)n2)[C@@H](C)C1. The Morgan fingerprint density at radius 3 is 2.54 bits per heavy atom.